The van der Waals surface area contributed by atoms with E-state index < -0.39 is 10.0 Å². The normalized spacial score (nSPS) is 12.1. The maximum atomic E-state index is 11.1. The predicted molar refractivity (Wildman–Crippen MR) is 53.8 cm³/mol. The minimum atomic E-state index is -3.76. The van der Waals surface area contributed by atoms with Gasteiger partial charge in [-0.25, -0.2) is 13.6 Å². The summed E-state index contributed by atoms with van der Waals surface area (Å²) >= 11 is 0.835. The SMILES string of the molecule is NS(=O)(=O)c1cccc2[nH]c(=O)sc12. The number of hydrogen-bond acceptors (Lipinski definition) is 4. The van der Waals surface area contributed by atoms with E-state index in [9.17, 15) is 13.2 Å². The van der Waals surface area contributed by atoms with Crippen LogP contribution in [0.4, 0.5) is 0 Å². The number of nitrogens with two attached hydrogens (primary N) is 1. The summed E-state index contributed by atoms with van der Waals surface area (Å²) in [5, 5.41) is 5.00. The summed E-state index contributed by atoms with van der Waals surface area (Å²) in [5.74, 6) is 0. The molecule has 0 unspecified atom stereocenters. The minimum Gasteiger partial charge on any atom is -0.312 e. The van der Waals surface area contributed by atoms with Gasteiger partial charge in [0.1, 0.15) is 4.90 Å². The summed E-state index contributed by atoms with van der Waals surface area (Å²) in [5.41, 5.74) is 0.492. The number of benzene rings is 1. The van der Waals surface area contributed by atoms with Crippen molar-refractivity contribution in [2.45, 2.75) is 4.90 Å². The molecule has 74 valence electrons. The van der Waals surface area contributed by atoms with Crippen LogP contribution in [0.3, 0.4) is 0 Å². The van der Waals surface area contributed by atoms with E-state index in [0.29, 0.717) is 10.2 Å². The molecule has 0 aliphatic carbocycles. The van der Waals surface area contributed by atoms with E-state index in [-0.39, 0.29) is 9.77 Å². The molecule has 1 aromatic carbocycles. The maximum absolute atomic E-state index is 11.1. The molecule has 0 amide bonds. The number of primary sulfonamides is 1. The van der Waals surface area contributed by atoms with Gasteiger partial charge >= 0.3 is 4.87 Å². The first-order valence-electron chi connectivity index (χ1n) is 3.63. The lowest BCUT2D eigenvalue weighted by molar-refractivity contribution is 0.599. The molecule has 0 aliphatic rings. The van der Waals surface area contributed by atoms with E-state index in [4.69, 9.17) is 5.14 Å². The zero-order chi connectivity index (χ0) is 10.3. The molecule has 0 spiro atoms. The Morgan fingerprint density at radius 3 is 2.71 bits per heavy atom. The first-order chi connectivity index (χ1) is 6.48. The fourth-order valence-electron chi connectivity index (χ4n) is 1.17. The minimum absolute atomic E-state index is 0.0154. The number of aromatic nitrogens is 1. The van der Waals surface area contributed by atoms with Crippen molar-refractivity contribution in [3.63, 3.8) is 0 Å². The van der Waals surface area contributed by atoms with Crippen LogP contribution < -0.4 is 10.0 Å². The Labute approximate surface area is 83.2 Å². The second-order valence-corrected chi connectivity index (χ2v) is 5.21. The monoisotopic (exact) mass is 230 g/mol. The highest BCUT2D eigenvalue weighted by Gasteiger charge is 2.13. The fourth-order valence-corrected chi connectivity index (χ4v) is 3.03. The first-order valence-corrected chi connectivity index (χ1v) is 5.99. The summed E-state index contributed by atoms with van der Waals surface area (Å²) in [6.07, 6.45) is 0. The molecule has 5 nitrogen and oxygen atoms in total. The van der Waals surface area contributed by atoms with Crippen molar-refractivity contribution >= 4 is 31.6 Å². The lowest BCUT2D eigenvalue weighted by Gasteiger charge is -1.97. The lowest BCUT2D eigenvalue weighted by atomic mass is 10.3. The average molecular weight is 230 g/mol. The summed E-state index contributed by atoms with van der Waals surface area (Å²) in [6, 6.07) is 4.54. The third kappa shape index (κ3) is 1.45. The number of rotatable bonds is 1. The number of fused-ring (bicyclic) bond motifs is 1. The van der Waals surface area contributed by atoms with Crippen LogP contribution >= 0.6 is 11.3 Å². The van der Waals surface area contributed by atoms with Crippen LogP contribution in [0.25, 0.3) is 10.2 Å². The largest absolute Gasteiger partial charge is 0.312 e. The third-order valence-corrected chi connectivity index (χ3v) is 3.73. The summed E-state index contributed by atoms with van der Waals surface area (Å²) < 4.78 is 22.6. The molecular weight excluding hydrogens is 224 g/mol. The van der Waals surface area contributed by atoms with Gasteiger partial charge in [0, 0.05) is 0 Å². The molecule has 14 heavy (non-hydrogen) atoms. The molecule has 0 saturated heterocycles. The van der Waals surface area contributed by atoms with Crippen molar-refractivity contribution in [2.24, 2.45) is 5.14 Å². The third-order valence-electron chi connectivity index (χ3n) is 1.72. The van der Waals surface area contributed by atoms with Crippen LogP contribution in [0.15, 0.2) is 27.9 Å². The van der Waals surface area contributed by atoms with Crippen LogP contribution in [-0.2, 0) is 10.0 Å². The zero-order valence-electron chi connectivity index (χ0n) is 6.85. The molecule has 1 heterocycles. The number of sulfonamides is 1. The van der Waals surface area contributed by atoms with Crippen molar-refractivity contribution in [3.8, 4) is 0 Å². The topological polar surface area (TPSA) is 93.0 Å². The summed E-state index contributed by atoms with van der Waals surface area (Å²) in [6.45, 7) is 0. The van der Waals surface area contributed by atoms with Crippen LogP contribution in [0.2, 0.25) is 0 Å². The molecule has 0 bridgehead atoms. The number of thiazole rings is 1. The second kappa shape index (κ2) is 2.91. The summed E-state index contributed by atoms with van der Waals surface area (Å²) in [4.78, 5) is 13.2. The Bertz CT molecular complexity index is 638. The van der Waals surface area contributed by atoms with Crippen LogP contribution in [0.1, 0.15) is 0 Å². The number of H-pyrrole nitrogens is 1. The van der Waals surface area contributed by atoms with E-state index in [2.05, 4.69) is 4.98 Å². The van der Waals surface area contributed by atoms with Gasteiger partial charge in [0.05, 0.1) is 10.2 Å². The lowest BCUT2D eigenvalue weighted by Crippen LogP contribution is -2.11. The molecule has 0 aliphatic heterocycles. The Hall–Kier alpha value is -1.18. The Kier molecular flexibility index (Phi) is 1.95. The molecule has 0 fully saturated rings. The Morgan fingerprint density at radius 1 is 1.36 bits per heavy atom. The Morgan fingerprint density at radius 2 is 2.07 bits per heavy atom. The van der Waals surface area contributed by atoms with Gasteiger partial charge in [-0.3, -0.25) is 4.79 Å². The van der Waals surface area contributed by atoms with Crippen molar-refractivity contribution in [2.75, 3.05) is 0 Å². The van der Waals surface area contributed by atoms with Crippen molar-refractivity contribution < 1.29 is 8.42 Å². The van der Waals surface area contributed by atoms with Gasteiger partial charge in [0.25, 0.3) is 0 Å². The molecule has 2 rings (SSSR count). The van der Waals surface area contributed by atoms with Crippen LogP contribution in [-0.4, -0.2) is 13.4 Å². The first kappa shape index (κ1) is 9.38. The van der Waals surface area contributed by atoms with Gasteiger partial charge < -0.3 is 4.98 Å². The molecule has 0 radical (unpaired) electrons. The van der Waals surface area contributed by atoms with Crippen LogP contribution in [0, 0.1) is 0 Å². The highest BCUT2D eigenvalue weighted by Crippen LogP contribution is 2.22. The average Bonchev–Trinajstić information content (AvgIpc) is 2.41. The van der Waals surface area contributed by atoms with Gasteiger partial charge in [0.15, 0.2) is 0 Å². The van der Waals surface area contributed by atoms with Crippen LogP contribution in [0.5, 0.6) is 0 Å². The molecule has 3 N–H and O–H groups in total. The summed E-state index contributed by atoms with van der Waals surface area (Å²) in [7, 11) is -3.76. The highest BCUT2D eigenvalue weighted by atomic mass is 32.2. The van der Waals surface area contributed by atoms with Crippen molar-refractivity contribution in [1.82, 2.24) is 4.98 Å². The number of aromatic amines is 1. The number of hydrogen-bond donors (Lipinski definition) is 2. The quantitative estimate of drug-likeness (QED) is 0.734. The fraction of sp³-hybridized carbons (Fsp3) is 0. The van der Waals surface area contributed by atoms with E-state index >= 15 is 0 Å². The van der Waals surface area contributed by atoms with Crippen molar-refractivity contribution in [3.05, 3.63) is 27.9 Å². The van der Waals surface area contributed by atoms with Gasteiger partial charge in [-0.2, -0.15) is 0 Å². The maximum Gasteiger partial charge on any atom is 0.305 e. The molecule has 0 saturated carbocycles. The van der Waals surface area contributed by atoms with Crippen molar-refractivity contribution in [1.29, 1.82) is 0 Å². The second-order valence-electron chi connectivity index (χ2n) is 2.69. The predicted octanol–water partition coefficient (Wildman–Crippen LogP) is 0.237. The molecule has 7 heteroatoms. The van der Waals surface area contributed by atoms with Gasteiger partial charge in [-0.1, -0.05) is 17.4 Å². The Balaban J connectivity index is 2.98. The van der Waals surface area contributed by atoms with E-state index in [1.165, 1.54) is 12.1 Å². The molecule has 1 aromatic heterocycles. The highest BCUT2D eigenvalue weighted by molar-refractivity contribution is 7.89. The standard InChI is InChI=1S/C7H6N2O3S2/c8-14(11,12)5-3-1-2-4-6(5)13-7(10)9-4/h1-3H,(H,9,10)(H2,8,11,12). The molecule has 2 aromatic rings. The van der Waals surface area contributed by atoms with Gasteiger partial charge in [-0.15, -0.1) is 0 Å². The zero-order valence-corrected chi connectivity index (χ0v) is 8.48. The van der Waals surface area contributed by atoms with E-state index in [1.54, 1.807) is 6.07 Å². The number of nitrogens with one attached hydrogen (secondary N) is 1. The van der Waals surface area contributed by atoms with E-state index in [1.807, 2.05) is 0 Å². The molecule has 0 atom stereocenters. The van der Waals surface area contributed by atoms with Gasteiger partial charge in [0.2, 0.25) is 10.0 Å². The van der Waals surface area contributed by atoms with E-state index in [0.717, 1.165) is 11.3 Å². The van der Waals surface area contributed by atoms with Gasteiger partial charge in [-0.05, 0) is 12.1 Å². The molecular formula is C7H6N2O3S2. The smallest absolute Gasteiger partial charge is 0.305 e.